The fraction of sp³-hybridized carbons (Fsp3) is 0.227. The van der Waals surface area contributed by atoms with Crippen molar-refractivity contribution < 1.29 is 19.1 Å². The molecule has 2 amide bonds. The Labute approximate surface area is 177 Å². The summed E-state index contributed by atoms with van der Waals surface area (Å²) in [5.41, 5.74) is 3.20. The SMILES string of the molecule is Cc1oc(-c2ccccc2)nc1CCC(O)c1ccc(C=C2SC(=O)NC2=O)n1C. The molecule has 0 bridgehead atoms. The molecule has 2 N–H and O–H groups in total. The predicted molar refractivity (Wildman–Crippen MR) is 114 cm³/mol. The third-order valence-electron chi connectivity index (χ3n) is 5.03. The molecular formula is C22H21N3O4S. The van der Waals surface area contributed by atoms with Crippen LogP contribution in [-0.2, 0) is 18.3 Å². The molecule has 3 aromatic rings. The highest BCUT2D eigenvalue weighted by Crippen LogP contribution is 2.28. The van der Waals surface area contributed by atoms with E-state index in [9.17, 15) is 14.7 Å². The molecule has 1 fully saturated rings. The molecule has 1 aliphatic rings. The lowest BCUT2D eigenvalue weighted by molar-refractivity contribution is -0.115. The first-order chi connectivity index (χ1) is 14.4. The summed E-state index contributed by atoms with van der Waals surface area (Å²) in [5.74, 6) is 0.920. The number of hydrogen-bond acceptors (Lipinski definition) is 6. The summed E-state index contributed by atoms with van der Waals surface area (Å²) in [7, 11) is 1.82. The number of thioether (sulfide) groups is 1. The first-order valence-electron chi connectivity index (χ1n) is 9.52. The molecule has 1 atom stereocenters. The van der Waals surface area contributed by atoms with E-state index in [1.165, 1.54) is 0 Å². The molecule has 1 saturated heterocycles. The number of amides is 2. The Morgan fingerprint density at radius 2 is 2.00 bits per heavy atom. The van der Waals surface area contributed by atoms with Gasteiger partial charge in [-0.15, -0.1) is 0 Å². The van der Waals surface area contributed by atoms with Crippen LogP contribution in [0.3, 0.4) is 0 Å². The average molecular weight is 423 g/mol. The van der Waals surface area contributed by atoms with Crippen LogP contribution in [0, 0.1) is 6.92 Å². The van der Waals surface area contributed by atoms with Gasteiger partial charge in [0, 0.05) is 24.0 Å². The maximum atomic E-state index is 11.7. The molecule has 0 saturated carbocycles. The van der Waals surface area contributed by atoms with Gasteiger partial charge in [0.2, 0.25) is 5.89 Å². The van der Waals surface area contributed by atoms with Crippen LogP contribution in [0.2, 0.25) is 0 Å². The highest BCUT2D eigenvalue weighted by Gasteiger charge is 2.25. The molecule has 1 aliphatic heterocycles. The van der Waals surface area contributed by atoms with Crippen molar-refractivity contribution in [2.75, 3.05) is 0 Å². The lowest BCUT2D eigenvalue weighted by Gasteiger charge is -2.12. The molecule has 3 heterocycles. The van der Waals surface area contributed by atoms with Crippen molar-refractivity contribution in [1.82, 2.24) is 14.9 Å². The van der Waals surface area contributed by atoms with Gasteiger partial charge in [0.1, 0.15) is 5.76 Å². The van der Waals surface area contributed by atoms with Gasteiger partial charge < -0.3 is 14.1 Å². The van der Waals surface area contributed by atoms with Gasteiger partial charge in [-0.25, -0.2) is 4.98 Å². The van der Waals surface area contributed by atoms with E-state index in [0.29, 0.717) is 23.6 Å². The number of hydrogen-bond donors (Lipinski definition) is 2. The van der Waals surface area contributed by atoms with Crippen LogP contribution in [0.4, 0.5) is 4.79 Å². The number of benzene rings is 1. The molecule has 4 rings (SSSR count). The molecule has 0 spiro atoms. The zero-order chi connectivity index (χ0) is 21.3. The van der Waals surface area contributed by atoms with Crippen LogP contribution in [0.5, 0.6) is 0 Å². The van der Waals surface area contributed by atoms with E-state index in [1.54, 1.807) is 6.08 Å². The smallest absolute Gasteiger partial charge is 0.290 e. The van der Waals surface area contributed by atoms with Crippen molar-refractivity contribution in [2.45, 2.75) is 25.9 Å². The van der Waals surface area contributed by atoms with Crippen LogP contribution >= 0.6 is 11.8 Å². The second kappa shape index (κ2) is 8.33. The first-order valence-corrected chi connectivity index (χ1v) is 10.3. The maximum Gasteiger partial charge on any atom is 0.290 e. The topological polar surface area (TPSA) is 97.4 Å². The van der Waals surface area contributed by atoms with Crippen LogP contribution in [0.1, 0.15) is 35.4 Å². The summed E-state index contributed by atoms with van der Waals surface area (Å²) in [5, 5.41) is 12.6. The number of carbonyl (C=O) groups is 2. The van der Waals surface area contributed by atoms with Crippen molar-refractivity contribution in [3.05, 3.63) is 70.2 Å². The number of aliphatic hydroxyl groups excluding tert-OH is 1. The molecule has 0 aliphatic carbocycles. The number of aliphatic hydroxyl groups is 1. The van der Waals surface area contributed by atoms with Gasteiger partial charge in [0.25, 0.3) is 11.1 Å². The first kappa shape index (κ1) is 20.2. The Bertz CT molecular complexity index is 1130. The molecule has 1 aromatic carbocycles. The molecule has 8 heteroatoms. The summed E-state index contributed by atoms with van der Waals surface area (Å²) in [6, 6.07) is 13.3. The Morgan fingerprint density at radius 1 is 1.23 bits per heavy atom. The molecular weight excluding hydrogens is 402 g/mol. The number of aromatic nitrogens is 2. The quantitative estimate of drug-likeness (QED) is 0.582. The van der Waals surface area contributed by atoms with Gasteiger partial charge in [-0.2, -0.15) is 0 Å². The van der Waals surface area contributed by atoms with E-state index in [-0.39, 0.29) is 5.24 Å². The van der Waals surface area contributed by atoms with Gasteiger partial charge in [-0.05, 0) is 61.9 Å². The number of oxazole rings is 1. The minimum Gasteiger partial charge on any atom is -0.441 e. The van der Waals surface area contributed by atoms with Crippen LogP contribution in [0.25, 0.3) is 17.5 Å². The largest absolute Gasteiger partial charge is 0.441 e. The van der Waals surface area contributed by atoms with Crippen LogP contribution in [0.15, 0.2) is 51.8 Å². The van der Waals surface area contributed by atoms with E-state index >= 15 is 0 Å². The Morgan fingerprint density at radius 3 is 2.70 bits per heavy atom. The molecule has 0 radical (unpaired) electrons. The standard InChI is InChI=1S/C22H21N3O4S/c1-13-16(23-21(29-13)14-6-4-3-5-7-14)9-11-18(26)17-10-8-15(25(17)2)12-19-20(27)24-22(28)30-19/h3-8,10,12,18,26H,9,11H2,1-2H3,(H,24,27,28). The highest BCUT2D eigenvalue weighted by molar-refractivity contribution is 8.18. The zero-order valence-electron chi connectivity index (χ0n) is 16.6. The van der Waals surface area contributed by atoms with E-state index in [4.69, 9.17) is 4.42 Å². The summed E-state index contributed by atoms with van der Waals surface area (Å²) >= 11 is 0.871. The van der Waals surface area contributed by atoms with Crippen molar-refractivity contribution >= 4 is 29.0 Å². The number of nitrogens with one attached hydrogen (secondary N) is 1. The van der Waals surface area contributed by atoms with Gasteiger partial charge >= 0.3 is 0 Å². The fourth-order valence-corrected chi connectivity index (χ4v) is 4.03. The molecule has 2 aromatic heterocycles. The fourth-order valence-electron chi connectivity index (χ4n) is 3.36. The number of nitrogens with zero attached hydrogens (tertiary/aromatic N) is 2. The molecule has 30 heavy (non-hydrogen) atoms. The number of rotatable bonds is 6. The molecule has 7 nitrogen and oxygen atoms in total. The monoisotopic (exact) mass is 423 g/mol. The normalized spacial score (nSPS) is 16.3. The Balaban J connectivity index is 1.45. The summed E-state index contributed by atoms with van der Waals surface area (Å²) in [6.07, 6.45) is 1.99. The maximum absolute atomic E-state index is 11.7. The van der Waals surface area contributed by atoms with E-state index in [0.717, 1.165) is 40.2 Å². The third-order valence-corrected chi connectivity index (χ3v) is 5.84. The average Bonchev–Trinajstić information content (AvgIpc) is 3.38. The van der Waals surface area contributed by atoms with Crippen molar-refractivity contribution in [3.63, 3.8) is 0 Å². The van der Waals surface area contributed by atoms with Gasteiger partial charge in [-0.3, -0.25) is 14.9 Å². The summed E-state index contributed by atoms with van der Waals surface area (Å²) in [6.45, 7) is 1.87. The van der Waals surface area contributed by atoms with Crippen molar-refractivity contribution in [3.8, 4) is 11.5 Å². The second-order valence-electron chi connectivity index (χ2n) is 7.04. The lowest BCUT2D eigenvalue weighted by Crippen LogP contribution is -2.17. The van der Waals surface area contributed by atoms with Crippen molar-refractivity contribution in [2.24, 2.45) is 7.05 Å². The van der Waals surface area contributed by atoms with Crippen molar-refractivity contribution in [1.29, 1.82) is 0 Å². The highest BCUT2D eigenvalue weighted by atomic mass is 32.2. The summed E-state index contributed by atoms with van der Waals surface area (Å²) in [4.78, 5) is 28.0. The summed E-state index contributed by atoms with van der Waals surface area (Å²) < 4.78 is 7.61. The third kappa shape index (κ3) is 4.10. The van der Waals surface area contributed by atoms with Gasteiger partial charge in [0.15, 0.2) is 0 Å². The van der Waals surface area contributed by atoms with Gasteiger partial charge in [0.05, 0.1) is 16.7 Å². The predicted octanol–water partition coefficient (Wildman–Crippen LogP) is 3.98. The van der Waals surface area contributed by atoms with E-state index < -0.39 is 12.0 Å². The molecule has 154 valence electrons. The van der Waals surface area contributed by atoms with E-state index in [2.05, 4.69) is 10.3 Å². The minimum absolute atomic E-state index is 0.342. The number of carbonyl (C=O) groups excluding carboxylic acids is 2. The Hall–Kier alpha value is -3.10. The van der Waals surface area contributed by atoms with E-state index in [1.807, 2.05) is 61.0 Å². The molecule has 1 unspecified atom stereocenters. The van der Waals surface area contributed by atoms with Gasteiger partial charge in [-0.1, -0.05) is 18.2 Å². The number of imide groups is 1. The Kier molecular flexibility index (Phi) is 5.61. The van der Waals surface area contributed by atoms with Crippen LogP contribution < -0.4 is 5.32 Å². The lowest BCUT2D eigenvalue weighted by atomic mass is 10.1. The minimum atomic E-state index is -0.704. The van der Waals surface area contributed by atoms with Crippen LogP contribution in [-0.4, -0.2) is 25.8 Å². The zero-order valence-corrected chi connectivity index (χ0v) is 17.4. The second-order valence-corrected chi connectivity index (χ2v) is 8.05. The number of aryl methyl sites for hydroxylation is 2.